The van der Waals surface area contributed by atoms with E-state index in [4.69, 9.17) is 12.2 Å². The fourth-order valence-electron chi connectivity index (χ4n) is 2.38. The zero-order valence-corrected chi connectivity index (χ0v) is 16.4. The minimum Gasteiger partial charge on any atom is -0.332 e. The molecule has 0 saturated carbocycles. The first-order chi connectivity index (χ1) is 13.6. The van der Waals surface area contributed by atoms with Crippen LogP contribution in [-0.4, -0.2) is 16.8 Å². The fraction of sp³-hybridized carbons (Fsp3) is 0.0476. The van der Waals surface area contributed by atoms with Gasteiger partial charge in [0.15, 0.2) is 5.11 Å². The van der Waals surface area contributed by atoms with Crippen molar-refractivity contribution in [3.8, 4) is 0 Å². The summed E-state index contributed by atoms with van der Waals surface area (Å²) in [7, 11) is 0. The highest BCUT2D eigenvalue weighted by Crippen LogP contribution is 2.22. The van der Waals surface area contributed by atoms with E-state index in [2.05, 4.69) is 16.0 Å². The van der Waals surface area contributed by atoms with Gasteiger partial charge in [-0.3, -0.25) is 4.79 Å². The summed E-state index contributed by atoms with van der Waals surface area (Å²) in [4.78, 5) is 13.0. The average Bonchev–Trinajstić information content (AvgIpc) is 2.69. The van der Waals surface area contributed by atoms with Crippen molar-refractivity contribution < 1.29 is 9.18 Å². The molecule has 0 unspecified atom stereocenters. The van der Waals surface area contributed by atoms with Gasteiger partial charge >= 0.3 is 0 Å². The molecule has 3 N–H and O–H groups in total. The van der Waals surface area contributed by atoms with Crippen LogP contribution in [0, 0.1) is 5.82 Å². The van der Waals surface area contributed by atoms with Crippen LogP contribution in [0.4, 0.5) is 21.5 Å². The molecule has 3 aromatic rings. The molecule has 3 aromatic carbocycles. The molecule has 0 radical (unpaired) electrons. The molecule has 3 rings (SSSR count). The van der Waals surface area contributed by atoms with Crippen LogP contribution in [-0.2, 0) is 4.79 Å². The Bertz CT molecular complexity index is 967. The minimum absolute atomic E-state index is 0.171. The monoisotopic (exact) mass is 411 g/mol. The molecule has 0 atom stereocenters. The Morgan fingerprint density at radius 2 is 1.54 bits per heavy atom. The first-order valence-electron chi connectivity index (χ1n) is 8.50. The maximum absolute atomic E-state index is 13.6. The normalized spacial score (nSPS) is 10.2. The molecule has 0 spiro atoms. The molecule has 0 aliphatic carbocycles. The summed E-state index contributed by atoms with van der Waals surface area (Å²) >= 11 is 6.68. The van der Waals surface area contributed by atoms with Crippen LogP contribution in [0.5, 0.6) is 0 Å². The van der Waals surface area contributed by atoms with Gasteiger partial charge in [0.05, 0.1) is 11.4 Å². The summed E-state index contributed by atoms with van der Waals surface area (Å²) in [6.45, 7) is 0. The zero-order chi connectivity index (χ0) is 19.8. The van der Waals surface area contributed by atoms with Gasteiger partial charge in [0.1, 0.15) is 5.82 Å². The van der Waals surface area contributed by atoms with Crippen molar-refractivity contribution in [2.24, 2.45) is 0 Å². The molecular formula is C21H18FN3OS2. The highest BCUT2D eigenvalue weighted by Gasteiger charge is 2.07. The average molecular weight is 412 g/mol. The number of para-hydroxylation sites is 2. The van der Waals surface area contributed by atoms with Crippen molar-refractivity contribution in [1.82, 2.24) is 0 Å². The van der Waals surface area contributed by atoms with Crippen LogP contribution in [0.1, 0.15) is 0 Å². The van der Waals surface area contributed by atoms with Crippen molar-refractivity contribution >= 4 is 52.1 Å². The lowest BCUT2D eigenvalue weighted by atomic mass is 10.3. The van der Waals surface area contributed by atoms with Gasteiger partial charge in [-0.2, -0.15) is 0 Å². The second-order valence-electron chi connectivity index (χ2n) is 5.79. The van der Waals surface area contributed by atoms with E-state index in [9.17, 15) is 9.18 Å². The number of thiocarbonyl (C=S) groups is 1. The molecule has 0 heterocycles. The molecule has 0 saturated heterocycles. The van der Waals surface area contributed by atoms with Gasteiger partial charge in [-0.1, -0.05) is 36.4 Å². The summed E-state index contributed by atoms with van der Waals surface area (Å²) in [5.74, 6) is -0.550. The summed E-state index contributed by atoms with van der Waals surface area (Å²) in [5.41, 5.74) is 1.89. The largest absolute Gasteiger partial charge is 0.332 e. The Kier molecular flexibility index (Phi) is 7.00. The molecule has 0 aliphatic rings. The Hall–Kier alpha value is -2.90. The van der Waals surface area contributed by atoms with Crippen LogP contribution in [0.25, 0.3) is 0 Å². The maximum Gasteiger partial charge on any atom is 0.234 e. The number of carbonyl (C=O) groups excluding carboxylic acids is 1. The number of amides is 1. The number of rotatable bonds is 6. The van der Waals surface area contributed by atoms with Crippen molar-refractivity contribution in [3.05, 3.63) is 84.7 Å². The van der Waals surface area contributed by atoms with E-state index in [-0.39, 0.29) is 17.3 Å². The molecule has 0 bridgehead atoms. The van der Waals surface area contributed by atoms with E-state index in [0.717, 1.165) is 16.3 Å². The fourth-order valence-corrected chi connectivity index (χ4v) is 3.37. The molecule has 0 aromatic heterocycles. The van der Waals surface area contributed by atoms with Crippen molar-refractivity contribution in [3.63, 3.8) is 0 Å². The smallest absolute Gasteiger partial charge is 0.234 e. The highest BCUT2D eigenvalue weighted by molar-refractivity contribution is 8.00. The summed E-state index contributed by atoms with van der Waals surface area (Å²) < 4.78 is 13.6. The second kappa shape index (κ2) is 9.87. The number of halogens is 1. The SMILES string of the molecule is O=C(CSc1cccc(NC(=S)Nc2ccccc2)c1)Nc1ccccc1F. The Morgan fingerprint density at radius 1 is 0.857 bits per heavy atom. The summed E-state index contributed by atoms with van der Waals surface area (Å²) in [5, 5.41) is 9.28. The van der Waals surface area contributed by atoms with E-state index < -0.39 is 5.82 Å². The van der Waals surface area contributed by atoms with Crippen LogP contribution >= 0.6 is 24.0 Å². The second-order valence-corrected chi connectivity index (χ2v) is 7.25. The third-order valence-electron chi connectivity index (χ3n) is 3.64. The lowest BCUT2D eigenvalue weighted by molar-refractivity contribution is -0.113. The number of hydrogen-bond donors (Lipinski definition) is 3. The van der Waals surface area contributed by atoms with E-state index >= 15 is 0 Å². The van der Waals surface area contributed by atoms with Crippen LogP contribution in [0.15, 0.2) is 83.8 Å². The number of benzene rings is 3. The molecule has 28 heavy (non-hydrogen) atoms. The Labute approximate surface area is 172 Å². The van der Waals surface area contributed by atoms with E-state index in [1.54, 1.807) is 12.1 Å². The van der Waals surface area contributed by atoms with Gasteiger partial charge < -0.3 is 16.0 Å². The summed E-state index contributed by atoms with van der Waals surface area (Å²) in [6.07, 6.45) is 0. The Balaban J connectivity index is 1.52. The van der Waals surface area contributed by atoms with Crippen molar-refractivity contribution in [2.75, 3.05) is 21.7 Å². The van der Waals surface area contributed by atoms with Crippen molar-refractivity contribution in [1.29, 1.82) is 0 Å². The first-order valence-corrected chi connectivity index (χ1v) is 9.90. The van der Waals surface area contributed by atoms with Gasteiger partial charge in [0.25, 0.3) is 0 Å². The number of nitrogens with one attached hydrogen (secondary N) is 3. The van der Waals surface area contributed by atoms with Crippen LogP contribution in [0.2, 0.25) is 0 Å². The molecule has 7 heteroatoms. The highest BCUT2D eigenvalue weighted by atomic mass is 32.2. The molecule has 142 valence electrons. The van der Waals surface area contributed by atoms with Crippen molar-refractivity contribution in [2.45, 2.75) is 4.90 Å². The number of hydrogen-bond acceptors (Lipinski definition) is 3. The van der Waals surface area contributed by atoms with Crippen LogP contribution < -0.4 is 16.0 Å². The quantitative estimate of drug-likeness (QED) is 0.376. The third-order valence-corrected chi connectivity index (χ3v) is 4.84. The maximum atomic E-state index is 13.6. The van der Waals surface area contributed by atoms with E-state index in [1.807, 2.05) is 54.6 Å². The number of anilines is 3. The lowest BCUT2D eigenvalue weighted by Crippen LogP contribution is -2.19. The van der Waals surface area contributed by atoms with Gasteiger partial charge in [-0.05, 0) is 54.7 Å². The van der Waals surface area contributed by atoms with Gasteiger partial charge in [-0.15, -0.1) is 11.8 Å². The molecule has 1 amide bonds. The third kappa shape index (κ3) is 6.07. The van der Waals surface area contributed by atoms with Gasteiger partial charge in [0, 0.05) is 16.3 Å². The van der Waals surface area contributed by atoms with Crippen LogP contribution in [0.3, 0.4) is 0 Å². The topological polar surface area (TPSA) is 53.2 Å². The predicted octanol–water partition coefficient (Wildman–Crippen LogP) is 5.37. The molecule has 4 nitrogen and oxygen atoms in total. The number of thioether (sulfide) groups is 1. The first kappa shape index (κ1) is 19.9. The lowest BCUT2D eigenvalue weighted by Gasteiger charge is -2.11. The van der Waals surface area contributed by atoms with E-state index in [1.165, 1.54) is 23.9 Å². The standard InChI is InChI=1S/C21H18FN3OS2/c22-18-11-4-5-12-19(18)25-20(26)14-28-17-10-6-9-16(13-17)24-21(27)23-15-7-2-1-3-8-15/h1-13H,14H2,(H,25,26)(H2,23,24,27). The molecular weight excluding hydrogens is 393 g/mol. The minimum atomic E-state index is -0.452. The summed E-state index contributed by atoms with van der Waals surface area (Å²) in [6, 6.07) is 23.3. The predicted molar refractivity (Wildman–Crippen MR) is 118 cm³/mol. The molecule has 0 fully saturated rings. The van der Waals surface area contributed by atoms with Gasteiger partial charge in [0.2, 0.25) is 5.91 Å². The van der Waals surface area contributed by atoms with E-state index in [0.29, 0.717) is 5.11 Å². The Morgan fingerprint density at radius 3 is 2.32 bits per heavy atom. The van der Waals surface area contributed by atoms with Gasteiger partial charge in [-0.25, -0.2) is 4.39 Å². The number of carbonyl (C=O) groups is 1. The molecule has 0 aliphatic heterocycles. The zero-order valence-electron chi connectivity index (χ0n) is 14.8.